The number of rotatable bonds is 7. The zero-order valence-corrected chi connectivity index (χ0v) is 16.8. The fraction of sp³-hybridized carbons (Fsp3) is 0.455. The first-order valence-corrected chi connectivity index (χ1v) is 9.82. The van der Waals surface area contributed by atoms with Gasteiger partial charge in [0.2, 0.25) is 5.91 Å². The summed E-state index contributed by atoms with van der Waals surface area (Å²) in [6.07, 6.45) is 2.11. The van der Waals surface area contributed by atoms with E-state index in [1.807, 2.05) is 48.7 Å². The van der Waals surface area contributed by atoms with Gasteiger partial charge in [-0.15, -0.1) is 0 Å². The van der Waals surface area contributed by atoms with E-state index in [9.17, 15) is 9.59 Å². The number of amides is 1. The number of aryl methyl sites for hydroxylation is 1. The number of carbonyl (C=O) groups excluding carboxylic acids is 2. The van der Waals surface area contributed by atoms with E-state index in [-0.39, 0.29) is 24.5 Å². The first-order valence-electron chi connectivity index (χ1n) is 9.82. The number of ether oxygens (including phenoxy) is 2. The van der Waals surface area contributed by atoms with E-state index >= 15 is 0 Å². The highest BCUT2D eigenvalue weighted by Crippen LogP contribution is 2.27. The van der Waals surface area contributed by atoms with Gasteiger partial charge < -0.3 is 19.4 Å². The van der Waals surface area contributed by atoms with Crippen LogP contribution in [-0.4, -0.2) is 42.3 Å². The first kappa shape index (κ1) is 20.1. The van der Waals surface area contributed by atoms with Crippen molar-refractivity contribution in [1.29, 1.82) is 0 Å². The van der Waals surface area contributed by atoms with Crippen LogP contribution in [0.25, 0.3) is 11.3 Å². The average molecular weight is 384 g/mol. The van der Waals surface area contributed by atoms with E-state index in [1.54, 1.807) is 6.92 Å². The molecule has 150 valence electrons. The van der Waals surface area contributed by atoms with E-state index in [1.165, 1.54) is 0 Å². The standard InChI is InChI=1S/C22H28N2O4/c1-4-27-22(26)19-12-20(17-9-7-15(2)8-10-17)24(16(19)3)14-21(25)23-13-18-6-5-11-28-18/h7-10,12,18H,4-6,11,13-14H2,1-3H3,(H,23,25). The number of carbonyl (C=O) groups is 2. The molecule has 28 heavy (non-hydrogen) atoms. The van der Waals surface area contributed by atoms with Crippen molar-refractivity contribution in [2.45, 2.75) is 46.3 Å². The van der Waals surface area contributed by atoms with Gasteiger partial charge in [0.1, 0.15) is 6.54 Å². The van der Waals surface area contributed by atoms with Crippen molar-refractivity contribution in [2.75, 3.05) is 19.8 Å². The zero-order valence-electron chi connectivity index (χ0n) is 16.8. The second-order valence-corrected chi connectivity index (χ2v) is 7.14. The molecule has 0 radical (unpaired) electrons. The van der Waals surface area contributed by atoms with E-state index in [2.05, 4.69) is 5.32 Å². The second-order valence-electron chi connectivity index (χ2n) is 7.14. The summed E-state index contributed by atoms with van der Waals surface area (Å²) in [5, 5.41) is 2.95. The summed E-state index contributed by atoms with van der Waals surface area (Å²) in [6, 6.07) is 9.85. The number of hydrogen-bond donors (Lipinski definition) is 1. The Morgan fingerprint density at radius 2 is 2.00 bits per heavy atom. The smallest absolute Gasteiger partial charge is 0.339 e. The van der Waals surface area contributed by atoms with Gasteiger partial charge in [0.05, 0.1) is 18.3 Å². The molecule has 1 amide bonds. The molecule has 1 atom stereocenters. The number of esters is 1. The lowest BCUT2D eigenvalue weighted by Crippen LogP contribution is -2.34. The number of benzene rings is 1. The molecule has 2 heterocycles. The quantitative estimate of drug-likeness (QED) is 0.744. The number of hydrogen-bond acceptors (Lipinski definition) is 4. The van der Waals surface area contributed by atoms with Crippen LogP contribution < -0.4 is 5.32 Å². The highest BCUT2D eigenvalue weighted by atomic mass is 16.5. The topological polar surface area (TPSA) is 69.6 Å². The summed E-state index contributed by atoms with van der Waals surface area (Å²) in [7, 11) is 0. The number of aromatic nitrogens is 1. The largest absolute Gasteiger partial charge is 0.462 e. The highest BCUT2D eigenvalue weighted by molar-refractivity contribution is 5.93. The lowest BCUT2D eigenvalue weighted by Gasteiger charge is -2.14. The van der Waals surface area contributed by atoms with E-state index < -0.39 is 0 Å². The van der Waals surface area contributed by atoms with Gasteiger partial charge in [-0.3, -0.25) is 4.79 Å². The van der Waals surface area contributed by atoms with Gasteiger partial charge in [0.15, 0.2) is 0 Å². The Labute approximate surface area is 165 Å². The lowest BCUT2D eigenvalue weighted by molar-refractivity contribution is -0.122. The van der Waals surface area contributed by atoms with Crippen LogP contribution in [0.15, 0.2) is 30.3 Å². The number of nitrogens with zero attached hydrogens (tertiary/aromatic N) is 1. The van der Waals surface area contributed by atoms with Crippen molar-refractivity contribution in [2.24, 2.45) is 0 Å². The average Bonchev–Trinajstić information content (AvgIpc) is 3.30. The van der Waals surface area contributed by atoms with Gasteiger partial charge in [0.25, 0.3) is 0 Å². The molecule has 1 fully saturated rings. The van der Waals surface area contributed by atoms with Crippen LogP contribution in [0.5, 0.6) is 0 Å². The molecule has 1 unspecified atom stereocenters. The maximum Gasteiger partial charge on any atom is 0.339 e. The fourth-order valence-electron chi connectivity index (χ4n) is 3.46. The molecule has 2 aromatic rings. The molecule has 1 aromatic heterocycles. The molecule has 0 saturated carbocycles. The van der Waals surface area contributed by atoms with Crippen LogP contribution in [0.4, 0.5) is 0 Å². The summed E-state index contributed by atoms with van der Waals surface area (Å²) in [5.74, 6) is -0.468. The molecular formula is C22H28N2O4. The molecule has 0 bridgehead atoms. The van der Waals surface area contributed by atoms with E-state index in [4.69, 9.17) is 9.47 Å². The Balaban J connectivity index is 1.85. The van der Waals surface area contributed by atoms with Gasteiger partial charge in [-0.2, -0.15) is 0 Å². The van der Waals surface area contributed by atoms with Crippen molar-refractivity contribution < 1.29 is 19.1 Å². The van der Waals surface area contributed by atoms with Crippen molar-refractivity contribution >= 4 is 11.9 Å². The van der Waals surface area contributed by atoms with Gasteiger partial charge in [0, 0.05) is 24.5 Å². The molecule has 3 rings (SSSR count). The summed E-state index contributed by atoms with van der Waals surface area (Å²) >= 11 is 0. The third-order valence-corrected chi connectivity index (χ3v) is 5.06. The first-order chi connectivity index (χ1) is 13.5. The fourth-order valence-corrected chi connectivity index (χ4v) is 3.46. The van der Waals surface area contributed by atoms with Crippen LogP contribution in [0.1, 0.15) is 41.4 Å². The van der Waals surface area contributed by atoms with Gasteiger partial charge in [-0.05, 0) is 45.2 Å². The van der Waals surface area contributed by atoms with Crippen LogP contribution in [0.3, 0.4) is 0 Å². The lowest BCUT2D eigenvalue weighted by atomic mass is 10.1. The molecule has 1 aliphatic heterocycles. The van der Waals surface area contributed by atoms with Crippen molar-refractivity contribution in [3.05, 3.63) is 47.2 Å². The molecule has 6 heteroatoms. The maximum absolute atomic E-state index is 12.6. The molecular weight excluding hydrogens is 356 g/mol. The molecule has 0 aliphatic carbocycles. The monoisotopic (exact) mass is 384 g/mol. The van der Waals surface area contributed by atoms with Crippen LogP contribution in [-0.2, 0) is 20.8 Å². The zero-order chi connectivity index (χ0) is 20.1. The van der Waals surface area contributed by atoms with E-state index in [0.29, 0.717) is 18.7 Å². The molecule has 0 spiro atoms. The normalized spacial score (nSPS) is 16.2. The van der Waals surface area contributed by atoms with Gasteiger partial charge in [-0.1, -0.05) is 29.8 Å². The molecule has 6 nitrogen and oxygen atoms in total. The van der Waals surface area contributed by atoms with Gasteiger partial charge in [-0.25, -0.2) is 4.79 Å². The summed E-state index contributed by atoms with van der Waals surface area (Å²) < 4.78 is 12.6. The Morgan fingerprint density at radius 1 is 1.25 bits per heavy atom. The van der Waals surface area contributed by atoms with Crippen molar-refractivity contribution in [3.63, 3.8) is 0 Å². The Kier molecular flexibility index (Phi) is 6.52. The maximum atomic E-state index is 12.6. The predicted octanol–water partition coefficient (Wildman–Crippen LogP) is 3.24. The Morgan fingerprint density at radius 3 is 2.64 bits per heavy atom. The molecule has 1 aliphatic rings. The van der Waals surface area contributed by atoms with Crippen molar-refractivity contribution in [1.82, 2.24) is 9.88 Å². The minimum Gasteiger partial charge on any atom is -0.462 e. The van der Waals surface area contributed by atoms with Crippen LogP contribution >= 0.6 is 0 Å². The SMILES string of the molecule is CCOC(=O)c1cc(-c2ccc(C)cc2)n(CC(=O)NCC2CCCO2)c1C. The summed E-state index contributed by atoms with van der Waals surface area (Å²) in [6.45, 7) is 7.38. The minimum atomic E-state index is -0.369. The highest BCUT2D eigenvalue weighted by Gasteiger charge is 2.22. The Hall–Kier alpha value is -2.60. The van der Waals surface area contributed by atoms with Crippen LogP contribution in [0.2, 0.25) is 0 Å². The Bertz CT molecular complexity index is 833. The summed E-state index contributed by atoms with van der Waals surface area (Å²) in [5.41, 5.74) is 4.15. The molecule has 1 N–H and O–H groups in total. The van der Waals surface area contributed by atoms with E-state index in [0.717, 1.165) is 42.0 Å². The number of nitrogens with one attached hydrogen (secondary N) is 1. The van der Waals surface area contributed by atoms with Crippen LogP contribution in [0, 0.1) is 13.8 Å². The predicted molar refractivity (Wildman–Crippen MR) is 107 cm³/mol. The van der Waals surface area contributed by atoms with Crippen molar-refractivity contribution in [3.8, 4) is 11.3 Å². The molecule has 1 saturated heterocycles. The minimum absolute atomic E-state index is 0.0985. The van der Waals surface area contributed by atoms with Gasteiger partial charge >= 0.3 is 5.97 Å². The summed E-state index contributed by atoms with van der Waals surface area (Å²) in [4.78, 5) is 24.9. The molecule has 1 aromatic carbocycles. The third kappa shape index (κ3) is 4.62. The second kappa shape index (κ2) is 9.06. The third-order valence-electron chi connectivity index (χ3n) is 5.06.